The van der Waals surface area contributed by atoms with Gasteiger partial charge in [-0.15, -0.1) is 0 Å². The molecule has 1 aromatic rings. The molecule has 0 aliphatic heterocycles. The summed E-state index contributed by atoms with van der Waals surface area (Å²) in [6.07, 6.45) is 0. The van der Waals surface area contributed by atoms with Crippen LogP contribution in [0.2, 0.25) is 0 Å². The first-order chi connectivity index (χ1) is 5.75. The van der Waals surface area contributed by atoms with Gasteiger partial charge in [0.15, 0.2) is 0 Å². The van der Waals surface area contributed by atoms with Gasteiger partial charge in [0.05, 0.1) is 5.69 Å². The first kappa shape index (κ1) is 9.93. The summed E-state index contributed by atoms with van der Waals surface area (Å²) < 4.78 is 1.13. The van der Waals surface area contributed by atoms with Crippen LogP contribution in [0.1, 0.15) is 0 Å². The molecule has 0 amide bonds. The van der Waals surface area contributed by atoms with Gasteiger partial charge in [0, 0.05) is 23.8 Å². The number of rotatable bonds is 3. The molecule has 0 aromatic heterocycles. The van der Waals surface area contributed by atoms with E-state index in [1.54, 1.807) is 0 Å². The molecule has 0 unspecified atom stereocenters. The molecule has 0 aliphatic carbocycles. The highest BCUT2D eigenvalue weighted by atomic mass is 79.9. The highest BCUT2D eigenvalue weighted by molar-refractivity contribution is 9.10. The normalized spacial score (nSPS) is 9.92. The van der Waals surface area contributed by atoms with Gasteiger partial charge in [0.2, 0.25) is 0 Å². The Kier molecular flexibility index (Phi) is 3.95. The standard InChI is InChI=1S/C9H12BrNS/c1-11(6-7-12)9-5-3-2-4-8(9)10/h2-5,12H,6-7H2,1H3. The van der Waals surface area contributed by atoms with Crippen LogP contribution in [-0.2, 0) is 0 Å². The molecule has 1 rings (SSSR count). The fraction of sp³-hybridized carbons (Fsp3) is 0.333. The van der Waals surface area contributed by atoms with Crippen molar-refractivity contribution in [3.63, 3.8) is 0 Å². The first-order valence-corrected chi connectivity index (χ1v) is 5.25. The minimum atomic E-state index is 0.873. The van der Waals surface area contributed by atoms with E-state index >= 15 is 0 Å². The van der Waals surface area contributed by atoms with Crippen LogP contribution in [0.5, 0.6) is 0 Å². The predicted molar refractivity (Wildman–Crippen MR) is 61.3 cm³/mol. The second-order valence-electron chi connectivity index (χ2n) is 2.60. The summed E-state index contributed by atoms with van der Waals surface area (Å²) in [6, 6.07) is 8.19. The number of thiol groups is 1. The molecular formula is C9H12BrNS. The Morgan fingerprint density at radius 1 is 1.42 bits per heavy atom. The maximum atomic E-state index is 4.19. The number of para-hydroxylation sites is 1. The van der Waals surface area contributed by atoms with E-state index < -0.39 is 0 Å². The lowest BCUT2D eigenvalue weighted by Gasteiger charge is -2.19. The molecule has 0 saturated carbocycles. The molecule has 0 saturated heterocycles. The summed E-state index contributed by atoms with van der Waals surface area (Å²) in [5.41, 5.74) is 1.21. The molecule has 66 valence electrons. The lowest BCUT2D eigenvalue weighted by Crippen LogP contribution is -2.19. The molecule has 0 atom stereocenters. The van der Waals surface area contributed by atoms with Gasteiger partial charge in [-0.05, 0) is 28.1 Å². The summed E-state index contributed by atoms with van der Waals surface area (Å²) in [5, 5.41) is 0. The van der Waals surface area contributed by atoms with Crippen LogP contribution in [0.4, 0.5) is 5.69 Å². The molecule has 1 aromatic carbocycles. The SMILES string of the molecule is CN(CCS)c1ccccc1Br. The van der Waals surface area contributed by atoms with Gasteiger partial charge in [0.1, 0.15) is 0 Å². The summed E-state index contributed by atoms with van der Waals surface area (Å²) in [6.45, 7) is 0.964. The summed E-state index contributed by atoms with van der Waals surface area (Å²) in [7, 11) is 2.07. The van der Waals surface area contributed by atoms with Crippen LogP contribution in [-0.4, -0.2) is 19.3 Å². The number of anilines is 1. The molecule has 0 heterocycles. The highest BCUT2D eigenvalue weighted by Crippen LogP contribution is 2.24. The number of hydrogen-bond acceptors (Lipinski definition) is 2. The molecule has 3 heteroatoms. The zero-order valence-corrected chi connectivity index (χ0v) is 9.48. The topological polar surface area (TPSA) is 3.24 Å². The van der Waals surface area contributed by atoms with Crippen LogP contribution < -0.4 is 4.90 Å². The Labute approximate surface area is 87.3 Å². The maximum absolute atomic E-state index is 4.19. The number of benzene rings is 1. The molecule has 12 heavy (non-hydrogen) atoms. The van der Waals surface area contributed by atoms with Gasteiger partial charge >= 0.3 is 0 Å². The Morgan fingerprint density at radius 2 is 2.08 bits per heavy atom. The van der Waals surface area contributed by atoms with Crippen molar-refractivity contribution in [2.45, 2.75) is 0 Å². The Balaban J connectivity index is 2.79. The van der Waals surface area contributed by atoms with Gasteiger partial charge in [-0.2, -0.15) is 12.6 Å². The van der Waals surface area contributed by atoms with Crippen molar-refractivity contribution < 1.29 is 0 Å². The van der Waals surface area contributed by atoms with E-state index in [1.165, 1.54) is 5.69 Å². The van der Waals surface area contributed by atoms with Crippen molar-refractivity contribution in [2.75, 3.05) is 24.2 Å². The van der Waals surface area contributed by atoms with Gasteiger partial charge in [0.25, 0.3) is 0 Å². The summed E-state index contributed by atoms with van der Waals surface area (Å²) in [4.78, 5) is 2.18. The van der Waals surface area contributed by atoms with Crippen molar-refractivity contribution in [2.24, 2.45) is 0 Å². The lowest BCUT2D eigenvalue weighted by molar-refractivity contribution is 0.976. The number of hydrogen-bond donors (Lipinski definition) is 1. The summed E-state index contributed by atoms with van der Waals surface area (Å²) >= 11 is 7.69. The van der Waals surface area contributed by atoms with Crippen molar-refractivity contribution in [1.82, 2.24) is 0 Å². The minimum absolute atomic E-state index is 0.873. The van der Waals surface area contributed by atoms with E-state index in [0.717, 1.165) is 16.8 Å². The van der Waals surface area contributed by atoms with Gasteiger partial charge in [-0.3, -0.25) is 0 Å². The predicted octanol–water partition coefficient (Wildman–Crippen LogP) is 2.82. The van der Waals surface area contributed by atoms with E-state index in [4.69, 9.17) is 0 Å². The van der Waals surface area contributed by atoms with Crippen molar-refractivity contribution >= 4 is 34.2 Å². The monoisotopic (exact) mass is 245 g/mol. The van der Waals surface area contributed by atoms with Crippen LogP contribution in [0.3, 0.4) is 0 Å². The first-order valence-electron chi connectivity index (χ1n) is 3.82. The molecule has 0 aliphatic rings. The van der Waals surface area contributed by atoms with E-state index in [2.05, 4.69) is 46.6 Å². The number of halogens is 1. The zero-order chi connectivity index (χ0) is 8.97. The second kappa shape index (κ2) is 4.77. The van der Waals surface area contributed by atoms with Gasteiger partial charge in [-0.25, -0.2) is 0 Å². The average Bonchev–Trinajstić information content (AvgIpc) is 2.05. The van der Waals surface area contributed by atoms with Gasteiger partial charge in [-0.1, -0.05) is 12.1 Å². The van der Waals surface area contributed by atoms with Crippen molar-refractivity contribution in [3.05, 3.63) is 28.7 Å². The Morgan fingerprint density at radius 3 is 2.67 bits per heavy atom. The third-order valence-electron chi connectivity index (χ3n) is 1.70. The fourth-order valence-corrected chi connectivity index (χ4v) is 1.92. The van der Waals surface area contributed by atoms with Crippen LogP contribution >= 0.6 is 28.6 Å². The average molecular weight is 246 g/mol. The van der Waals surface area contributed by atoms with Gasteiger partial charge < -0.3 is 4.90 Å². The third kappa shape index (κ3) is 2.42. The van der Waals surface area contributed by atoms with Crippen LogP contribution in [0.15, 0.2) is 28.7 Å². The molecule has 0 N–H and O–H groups in total. The molecule has 0 spiro atoms. The minimum Gasteiger partial charge on any atom is -0.373 e. The van der Waals surface area contributed by atoms with Crippen molar-refractivity contribution in [3.8, 4) is 0 Å². The largest absolute Gasteiger partial charge is 0.373 e. The fourth-order valence-electron chi connectivity index (χ4n) is 1.03. The smallest absolute Gasteiger partial charge is 0.0508 e. The van der Waals surface area contributed by atoms with E-state index in [9.17, 15) is 0 Å². The van der Waals surface area contributed by atoms with Crippen LogP contribution in [0, 0.1) is 0 Å². The molecular weight excluding hydrogens is 234 g/mol. The second-order valence-corrected chi connectivity index (χ2v) is 3.90. The Bertz CT molecular complexity index is 252. The third-order valence-corrected chi connectivity index (χ3v) is 2.57. The molecule has 0 fully saturated rings. The van der Waals surface area contributed by atoms with E-state index in [0.29, 0.717) is 0 Å². The maximum Gasteiger partial charge on any atom is 0.0508 e. The molecule has 0 bridgehead atoms. The molecule has 0 radical (unpaired) electrons. The lowest BCUT2D eigenvalue weighted by atomic mass is 10.3. The quantitative estimate of drug-likeness (QED) is 0.802. The van der Waals surface area contributed by atoms with Crippen molar-refractivity contribution in [1.29, 1.82) is 0 Å². The number of nitrogens with zero attached hydrogens (tertiary/aromatic N) is 1. The zero-order valence-electron chi connectivity index (χ0n) is 7.00. The Hall–Kier alpha value is -0.150. The van der Waals surface area contributed by atoms with E-state index in [-0.39, 0.29) is 0 Å². The summed E-state index contributed by atoms with van der Waals surface area (Å²) in [5.74, 6) is 0.873. The molecule has 1 nitrogen and oxygen atoms in total. The van der Waals surface area contributed by atoms with Crippen LogP contribution in [0.25, 0.3) is 0 Å². The van der Waals surface area contributed by atoms with E-state index in [1.807, 2.05) is 18.2 Å². The highest BCUT2D eigenvalue weighted by Gasteiger charge is 2.02.